The Hall–Kier alpha value is -1.89. The van der Waals surface area contributed by atoms with Gasteiger partial charge in [0.05, 0.1) is 18.8 Å². The van der Waals surface area contributed by atoms with E-state index in [0.717, 1.165) is 70.0 Å². The van der Waals surface area contributed by atoms with E-state index in [4.69, 9.17) is 9.47 Å². The van der Waals surface area contributed by atoms with Gasteiger partial charge in [0.25, 0.3) is 5.91 Å². The SMILES string of the molecule is O=C1C(Oc2ccc(C3CC3)cc2)=CCN1[C@H]1CC[C@H](OCCN2CC[C@@H](O)C2)CC1. The van der Waals surface area contributed by atoms with Gasteiger partial charge in [0.1, 0.15) is 5.75 Å². The normalized spacial score (nSPS) is 29.5. The number of amides is 1. The second-order valence-electron chi connectivity index (χ2n) is 9.52. The van der Waals surface area contributed by atoms with E-state index in [1.807, 2.05) is 23.1 Å². The van der Waals surface area contributed by atoms with Gasteiger partial charge in [0.2, 0.25) is 0 Å². The summed E-state index contributed by atoms with van der Waals surface area (Å²) in [5.41, 5.74) is 1.37. The third-order valence-corrected chi connectivity index (χ3v) is 7.19. The Kier molecular flexibility index (Phi) is 6.30. The molecule has 2 aliphatic carbocycles. The van der Waals surface area contributed by atoms with Crippen molar-refractivity contribution in [2.45, 2.75) is 69.1 Å². The van der Waals surface area contributed by atoms with E-state index in [0.29, 0.717) is 12.3 Å². The number of aliphatic hydroxyl groups excluding tert-OH is 1. The third kappa shape index (κ3) is 5.13. The molecule has 1 aromatic carbocycles. The third-order valence-electron chi connectivity index (χ3n) is 7.19. The Morgan fingerprint density at radius 1 is 1.00 bits per heavy atom. The molecule has 0 bridgehead atoms. The first-order valence-corrected chi connectivity index (χ1v) is 12.0. The van der Waals surface area contributed by atoms with Crippen molar-refractivity contribution in [3.63, 3.8) is 0 Å². The number of rotatable bonds is 8. The zero-order valence-corrected chi connectivity index (χ0v) is 18.2. The van der Waals surface area contributed by atoms with Gasteiger partial charge in [-0.3, -0.25) is 9.69 Å². The molecule has 1 saturated heterocycles. The highest BCUT2D eigenvalue weighted by atomic mass is 16.5. The Bertz CT molecular complexity index is 796. The summed E-state index contributed by atoms with van der Waals surface area (Å²) in [4.78, 5) is 17.1. The van der Waals surface area contributed by atoms with Gasteiger partial charge in [-0.25, -0.2) is 0 Å². The molecule has 2 saturated carbocycles. The monoisotopic (exact) mass is 426 g/mol. The van der Waals surface area contributed by atoms with E-state index in [1.165, 1.54) is 18.4 Å². The predicted octanol–water partition coefficient (Wildman–Crippen LogP) is 3.06. The summed E-state index contributed by atoms with van der Waals surface area (Å²) < 4.78 is 12.0. The average Bonchev–Trinajstić information content (AvgIpc) is 3.46. The van der Waals surface area contributed by atoms with Crippen molar-refractivity contribution in [1.82, 2.24) is 9.80 Å². The minimum absolute atomic E-state index is 0.0169. The molecule has 0 unspecified atom stereocenters. The van der Waals surface area contributed by atoms with Crippen LogP contribution in [0.4, 0.5) is 0 Å². The molecular weight excluding hydrogens is 392 g/mol. The second kappa shape index (κ2) is 9.31. The van der Waals surface area contributed by atoms with Gasteiger partial charge in [-0.05, 0) is 74.6 Å². The van der Waals surface area contributed by atoms with Crippen molar-refractivity contribution in [3.05, 3.63) is 41.7 Å². The quantitative estimate of drug-likeness (QED) is 0.692. The Morgan fingerprint density at radius 3 is 2.45 bits per heavy atom. The van der Waals surface area contributed by atoms with Crippen molar-refractivity contribution in [2.75, 3.05) is 32.8 Å². The molecule has 2 heterocycles. The second-order valence-corrected chi connectivity index (χ2v) is 9.52. The van der Waals surface area contributed by atoms with Crippen molar-refractivity contribution in [1.29, 1.82) is 0 Å². The van der Waals surface area contributed by atoms with Gasteiger partial charge in [-0.2, -0.15) is 0 Å². The van der Waals surface area contributed by atoms with Gasteiger partial charge < -0.3 is 19.5 Å². The van der Waals surface area contributed by atoms with Crippen molar-refractivity contribution >= 4 is 5.91 Å². The van der Waals surface area contributed by atoms with Crippen LogP contribution < -0.4 is 4.74 Å². The minimum atomic E-state index is -0.169. The van der Waals surface area contributed by atoms with E-state index in [1.54, 1.807) is 0 Å². The standard InChI is InChI=1S/C25H34N2O4/c28-21-11-13-26(17-21)15-16-30-22-9-5-20(6-10-22)27-14-12-24(25(27)29)31-23-7-3-19(4-8-23)18-1-2-18/h3-4,7-8,12,18,20-22,28H,1-2,5-6,9-11,13-17H2/t20-,21-,22-/m1/s1. The average molecular weight is 427 g/mol. The lowest BCUT2D eigenvalue weighted by atomic mass is 9.92. The molecule has 1 N–H and O–H groups in total. The van der Waals surface area contributed by atoms with E-state index < -0.39 is 0 Å². The van der Waals surface area contributed by atoms with Gasteiger partial charge in [0.15, 0.2) is 5.76 Å². The Balaban J connectivity index is 1.04. The summed E-state index contributed by atoms with van der Waals surface area (Å²) in [6.45, 7) is 4.01. The fourth-order valence-electron chi connectivity index (χ4n) is 5.13. The van der Waals surface area contributed by atoms with Crippen LogP contribution in [0.5, 0.6) is 5.75 Å². The van der Waals surface area contributed by atoms with Crippen molar-refractivity contribution in [3.8, 4) is 5.75 Å². The van der Waals surface area contributed by atoms with Crippen molar-refractivity contribution in [2.24, 2.45) is 0 Å². The minimum Gasteiger partial charge on any atom is -0.452 e. The van der Waals surface area contributed by atoms with Crippen LogP contribution in [0.3, 0.4) is 0 Å². The van der Waals surface area contributed by atoms with Crippen LogP contribution >= 0.6 is 0 Å². The van der Waals surface area contributed by atoms with Crippen LogP contribution in [0.15, 0.2) is 36.1 Å². The number of hydrogen-bond donors (Lipinski definition) is 1. The van der Waals surface area contributed by atoms with E-state index >= 15 is 0 Å². The number of carbonyl (C=O) groups is 1. The highest BCUT2D eigenvalue weighted by molar-refractivity contribution is 5.94. The van der Waals surface area contributed by atoms with E-state index in [9.17, 15) is 9.90 Å². The molecule has 168 valence electrons. The fraction of sp³-hybridized carbons (Fsp3) is 0.640. The number of hydrogen-bond acceptors (Lipinski definition) is 5. The molecule has 2 aliphatic heterocycles. The number of likely N-dealkylation sites (tertiary alicyclic amines) is 1. The molecule has 5 rings (SSSR count). The molecule has 1 atom stereocenters. The first-order valence-electron chi connectivity index (χ1n) is 12.0. The summed E-state index contributed by atoms with van der Waals surface area (Å²) >= 11 is 0. The fourth-order valence-corrected chi connectivity index (χ4v) is 5.13. The van der Waals surface area contributed by atoms with E-state index in [-0.39, 0.29) is 24.2 Å². The lowest BCUT2D eigenvalue weighted by Gasteiger charge is -2.34. The molecule has 3 fully saturated rings. The lowest BCUT2D eigenvalue weighted by Crippen LogP contribution is -2.41. The number of aliphatic hydroxyl groups is 1. The summed E-state index contributed by atoms with van der Waals surface area (Å²) in [5.74, 6) is 1.95. The maximum Gasteiger partial charge on any atom is 0.289 e. The zero-order valence-electron chi connectivity index (χ0n) is 18.2. The summed E-state index contributed by atoms with van der Waals surface area (Å²) in [6, 6.07) is 8.48. The number of nitrogens with zero attached hydrogens (tertiary/aromatic N) is 2. The molecule has 1 aromatic rings. The molecule has 6 nitrogen and oxygen atoms in total. The largest absolute Gasteiger partial charge is 0.452 e. The van der Waals surface area contributed by atoms with Gasteiger partial charge in [-0.1, -0.05) is 12.1 Å². The molecule has 4 aliphatic rings. The first kappa shape index (κ1) is 21.0. The van der Waals surface area contributed by atoms with Gasteiger partial charge in [-0.15, -0.1) is 0 Å². The van der Waals surface area contributed by atoms with Crippen LogP contribution in [0.1, 0.15) is 56.4 Å². The number of ether oxygens (including phenoxy) is 2. The highest BCUT2D eigenvalue weighted by Gasteiger charge is 2.34. The Labute approximate surface area is 184 Å². The lowest BCUT2D eigenvalue weighted by molar-refractivity contribution is -0.130. The molecule has 0 radical (unpaired) electrons. The number of β-amino-alcohol motifs (C(OH)–C–C–N with tert-alkyl or cyclic N) is 1. The van der Waals surface area contributed by atoms with Gasteiger partial charge in [0, 0.05) is 32.2 Å². The maximum absolute atomic E-state index is 12.9. The summed E-state index contributed by atoms with van der Waals surface area (Å²) in [7, 11) is 0. The molecule has 6 heteroatoms. The van der Waals surface area contributed by atoms with Crippen molar-refractivity contribution < 1.29 is 19.4 Å². The summed E-state index contributed by atoms with van der Waals surface area (Å²) in [5, 5.41) is 9.61. The Morgan fingerprint density at radius 2 is 1.77 bits per heavy atom. The molecule has 0 aromatic heterocycles. The van der Waals surface area contributed by atoms with Crippen LogP contribution in [0.2, 0.25) is 0 Å². The topological polar surface area (TPSA) is 62.2 Å². The van der Waals surface area contributed by atoms with Crippen LogP contribution in [0.25, 0.3) is 0 Å². The van der Waals surface area contributed by atoms with Crippen LogP contribution in [0, 0.1) is 0 Å². The zero-order chi connectivity index (χ0) is 21.2. The molecule has 31 heavy (non-hydrogen) atoms. The number of carbonyl (C=O) groups excluding carboxylic acids is 1. The first-order chi connectivity index (χ1) is 15.2. The molecule has 0 spiro atoms. The van der Waals surface area contributed by atoms with Crippen LogP contribution in [-0.4, -0.2) is 71.8 Å². The molecule has 1 amide bonds. The summed E-state index contributed by atoms with van der Waals surface area (Å²) in [6.07, 6.45) is 9.44. The molecular formula is C25H34N2O4. The predicted molar refractivity (Wildman–Crippen MR) is 118 cm³/mol. The highest BCUT2D eigenvalue weighted by Crippen LogP contribution is 2.40. The van der Waals surface area contributed by atoms with E-state index in [2.05, 4.69) is 17.0 Å². The number of benzene rings is 1. The smallest absolute Gasteiger partial charge is 0.289 e. The van der Waals surface area contributed by atoms with Gasteiger partial charge >= 0.3 is 0 Å². The van der Waals surface area contributed by atoms with Crippen LogP contribution in [-0.2, 0) is 9.53 Å². The maximum atomic E-state index is 12.9.